The van der Waals surface area contributed by atoms with Crippen LogP contribution >= 0.6 is 0 Å². The van der Waals surface area contributed by atoms with Crippen molar-refractivity contribution in [2.24, 2.45) is 0 Å². The maximum atomic E-state index is 13.7. The topological polar surface area (TPSA) is 69.5 Å². The van der Waals surface area contributed by atoms with Gasteiger partial charge in [0.25, 0.3) is 0 Å². The molecular weight excluding hydrogens is 363 g/mol. The Labute approximate surface area is 162 Å². The maximum Gasteiger partial charge on any atom is 0.248 e. The Kier molecular flexibility index (Phi) is 6.33. The number of halogens is 1. The van der Waals surface area contributed by atoms with Crippen molar-refractivity contribution in [1.82, 2.24) is 19.7 Å². The summed E-state index contributed by atoms with van der Waals surface area (Å²) in [7, 11) is 3.10. The molecule has 3 aromatic rings. The van der Waals surface area contributed by atoms with Gasteiger partial charge in [-0.2, -0.15) is 0 Å². The van der Waals surface area contributed by atoms with Crippen molar-refractivity contribution < 1.29 is 18.7 Å². The van der Waals surface area contributed by atoms with Gasteiger partial charge in [0.05, 0.1) is 12.2 Å². The summed E-state index contributed by atoms with van der Waals surface area (Å²) in [5.41, 5.74) is 0.515. The van der Waals surface area contributed by atoms with E-state index in [1.165, 1.54) is 28.8 Å². The van der Waals surface area contributed by atoms with Crippen molar-refractivity contribution in [1.29, 1.82) is 0 Å². The fraction of sp³-hybridized carbons (Fsp3) is 0.250. The number of nitrogens with zero attached hydrogens (tertiary/aromatic N) is 4. The molecule has 0 saturated heterocycles. The number of hydrogen-bond donors (Lipinski definition) is 0. The van der Waals surface area contributed by atoms with Gasteiger partial charge in [-0.15, -0.1) is 5.10 Å². The summed E-state index contributed by atoms with van der Waals surface area (Å²) in [6.45, 7) is 0.306. The second-order valence-corrected chi connectivity index (χ2v) is 6.12. The lowest BCUT2D eigenvalue weighted by Gasteiger charge is -2.16. The second-order valence-electron chi connectivity index (χ2n) is 6.12. The summed E-state index contributed by atoms with van der Waals surface area (Å²) in [6, 6.07) is 15.3. The van der Waals surface area contributed by atoms with Crippen LogP contribution in [0.1, 0.15) is 11.6 Å². The van der Waals surface area contributed by atoms with Gasteiger partial charge < -0.3 is 14.4 Å². The molecule has 0 radical (unpaired) electrons. The molecule has 1 heterocycles. The minimum atomic E-state index is -0.384. The molecule has 2 aromatic carbocycles. The van der Waals surface area contributed by atoms with E-state index in [1.807, 2.05) is 30.3 Å². The minimum Gasteiger partial charge on any atom is -0.486 e. The lowest BCUT2D eigenvalue weighted by atomic mass is 10.3. The zero-order valence-electron chi connectivity index (χ0n) is 15.7. The zero-order valence-corrected chi connectivity index (χ0v) is 15.7. The summed E-state index contributed by atoms with van der Waals surface area (Å²) in [4.78, 5) is 18.0. The molecule has 7 nitrogen and oxygen atoms in total. The molecule has 28 heavy (non-hydrogen) atoms. The van der Waals surface area contributed by atoms with Crippen molar-refractivity contribution in [2.45, 2.75) is 13.2 Å². The number of methoxy groups -OCH3 is 1. The highest BCUT2D eigenvalue weighted by molar-refractivity contribution is 5.77. The van der Waals surface area contributed by atoms with E-state index in [0.717, 1.165) is 0 Å². The third-order valence-electron chi connectivity index (χ3n) is 3.95. The molecule has 0 unspecified atom stereocenters. The van der Waals surface area contributed by atoms with Crippen LogP contribution < -0.4 is 4.74 Å². The van der Waals surface area contributed by atoms with Gasteiger partial charge in [0, 0.05) is 14.2 Å². The average Bonchev–Trinajstić information content (AvgIpc) is 3.10. The SMILES string of the molecule is COCC(=O)N(C)Cc1nc(COc2ccccc2)nn1-c1cccc(F)c1. The highest BCUT2D eigenvalue weighted by Gasteiger charge is 2.17. The quantitative estimate of drug-likeness (QED) is 0.597. The van der Waals surface area contributed by atoms with Crippen LogP contribution in [0.2, 0.25) is 0 Å². The monoisotopic (exact) mass is 384 g/mol. The third-order valence-corrected chi connectivity index (χ3v) is 3.95. The van der Waals surface area contributed by atoms with E-state index in [0.29, 0.717) is 23.1 Å². The molecule has 0 spiro atoms. The molecule has 0 aliphatic carbocycles. The van der Waals surface area contributed by atoms with Gasteiger partial charge >= 0.3 is 0 Å². The highest BCUT2D eigenvalue weighted by Crippen LogP contribution is 2.15. The molecule has 0 bridgehead atoms. The van der Waals surface area contributed by atoms with Gasteiger partial charge in [0.2, 0.25) is 5.91 Å². The van der Waals surface area contributed by atoms with E-state index < -0.39 is 0 Å². The molecule has 0 fully saturated rings. The van der Waals surface area contributed by atoms with Crippen LogP contribution in [0.4, 0.5) is 4.39 Å². The lowest BCUT2D eigenvalue weighted by molar-refractivity contribution is -0.134. The van der Waals surface area contributed by atoms with E-state index in [-0.39, 0.29) is 31.5 Å². The molecule has 0 N–H and O–H groups in total. The average molecular weight is 384 g/mol. The Balaban J connectivity index is 1.85. The third kappa shape index (κ3) is 4.92. The molecule has 0 aliphatic rings. The summed E-state index contributed by atoms with van der Waals surface area (Å²) < 4.78 is 25.8. The predicted molar refractivity (Wildman–Crippen MR) is 100 cm³/mol. The number of amides is 1. The number of benzene rings is 2. The molecule has 0 saturated carbocycles. The number of likely N-dealkylation sites (N-methyl/N-ethyl adjacent to an activating group) is 1. The van der Waals surface area contributed by atoms with Crippen LogP contribution in [-0.2, 0) is 22.7 Å². The van der Waals surface area contributed by atoms with Crippen LogP contribution in [-0.4, -0.2) is 46.3 Å². The smallest absolute Gasteiger partial charge is 0.248 e. The van der Waals surface area contributed by atoms with E-state index in [1.54, 1.807) is 19.2 Å². The van der Waals surface area contributed by atoms with Crippen molar-refractivity contribution in [2.75, 3.05) is 20.8 Å². The second kappa shape index (κ2) is 9.09. The molecule has 8 heteroatoms. The fourth-order valence-electron chi connectivity index (χ4n) is 2.57. The number of ether oxygens (including phenoxy) is 2. The van der Waals surface area contributed by atoms with Crippen LogP contribution in [0.15, 0.2) is 54.6 Å². The number of rotatable bonds is 8. The normalized spacial score (nSPS) is 10.7. The molecule has 0 aliphatic heterocycles. The van der Waals surface area contributed by atoms with Gasteiger partial charge in [-0.1, -0.05) is 24.3 Å². The number of hydrogen-bond acceptors (Lipinski definition) is 5. The van der Waals surface area contributed by atoms with E-state index in [4.69, 9.17) is 9.47 Å². The first-order valence-electron chi connectivity index (χ1n) is 8.68. The van der Waals surface area contributed by atoms with Gasteiger partial charge in [-0.05, 0) is 30.3 Å². The fourth-order valence-corrected chi connectivity index (χ4v) is 2.57. The first-order chi connectivity index (χ1) is 13.6. The summed E-state index contributed by atoms with van der Waals surface area (Å²) in [5, 5.41) is 4.44. The Morgan fingerprint density at radius 3 is 2.68 bits per heavy atom. The maximum absolute atomic E-state index is 13.7. The Morgan fingerprint density at radius 2 is 1.96 bits per heavy atom. The summed E-state index contributed by atoms with van der Waals surface area (Å²) in [5.74, 6) is 1.03. The largest absolute Gasteiger partial charge is 0.486 e. The standard InChI is InChI=1S/C20H21FN4O3/c1-24(20(26)14-27-2)12-19-22-18(13-28-17-9-4-3-5-10-17)23-25(19)16-8-6-7-15(21)11-16/h3-11H,12-14H2,1-2H3. The predicted octanol–water partition coefficient (Wildman–Crippen LogP) is 2.59. The van der Waals surface area contributed by atoms with Crippen LogP contribution in [0.25, 0.3) is 5.69 Å². The first kappa shape index (κ1) is 19.5. The molecule has 1 aromatic heterocycles. The van der Waals surface area contributed by atoms with Crippen molar-refractivity contribution >= 4 is 5.91 Å². The summed E-state index contributed by atoms with van der Waals surface area (Å²) >= 11 is 0. The van der Waals surface area contributed by atoms with Gasteiger partial charge in [0.1, 0.15) is 24.8 Å². The minimum absolute atomic E-state index is 0.0332. The Hall–Kier alpha value is -3.26. The van der Waals surface area contributed by atoms with Gasteiger partial charge in [-0.25, -0.2) is 14.1 Å². The van der Waals surface area contributed by atoms with Crippen LogP contribution in [0, 0.1) is 5.82 Å². The van der Waals surface area contributed by atoms with Crippen LogP contribution in [0.3, 0.4) is 0 Å². The Bertz CT molecular complexity index is 930. The van der Waals surface area contributed by atoms with E-state index in [9.17, 15) is 9.18 Å². The van der Waals surface area contributed by atoms with Gasteiger partial charge in [0.15, 0.2) is 11.6 Å². The van der Waals surface area contributed by atoms with E-state index in [2.05, 4.69) is 10.1 Å². The van der Waals surface area contributed by atoms with Gasteiger partial charge in [-0.3, -0.25) is 4.79 Å². The Morgan fingerprint density at radius 1 is 1.18 bits per heavy atom. The number of carbonyl (C=O) groups excluding carboxylic acids is 1. The number of aromatic nitrogens is 3. The molecule has 146 valence electrons. The molecule has 0 atom stereocenters. The van der Waals surface area contributed by atoms with Crippen molar-refractivity contribution in [3.8, 4) is 11.4 Å². The molecule has 3 rings (SSSR count). The van der Waals surface area contributed by atoms with E-state index >= 15 is 0 Å². The zero-order chi connectivity index (χ0) is 19.9. The number of carbonyl (C=O) groups is 1. The number of para-hydroxylation sites is 1. The molecular formula is C20H21FN4O3. The van der Waals surface area contributed by atoms with Crippen molar-refractivity contribution in [3.05, 3.63) is 72.1 Å². The van der Waals surface area contributed by atoms with Crippen molar-refractivity contribution in [3.63, 3.8) is 0 Å². The highest BCUT2D eigenvalue weighted by atomic mass is 19.1. The lowest BCUT2D eigenvalue weighted by Crippen LogP contribution is -2.30. The van der Waals surface area contributed by atoms with Crippen LogP contribution in [0.5, 0.6) is 5.75 Å². The molecule has 1 amide bonds. The first-order valence-corrected chi connectivity index (χ1v) is 8.68. The summed E-state index contributed by atoms with van der Waals surface area (Å²) in [6.07, 6.45) is 0.